The molecule has 0 saturated carbocycles. The van der Waals surface area contributed by atoms with E-state index < -0.39 is 0 Å². The highest BCUT2D eigenvalue weighted by atomic mass is 16.5. The number of likely N-dealkylation sites (tertiary alicyclic amines) is 1. The number of aromatic nitrogens is 1. The lowest BCUT2D eigenvalue weighted by atomic mass is 10.1. The molecule has 2 heterocycles. The fourth-order valence-electron chi connectivity index (χ4n) is 2.38. The first-order valence-corrected chi connectivity index (χ1v) is 6.17. The standard InChI is InChI=1S/C13H19N3O2/c1-18-13(17)11-4-6-16(9-11)8-10-3-2-5-15-12(10)7-14/h2-3,5,11H,4,6-9,14H2,1H3. The molecule has 1 aliphatic heterocycles. The highest BCUT2D eigenvalue weighted by molar-refractivity contribution is 5.72. The smallest absolute Gasteiger partial charge is 0.310 e. The predicted octanol–water partition coefficient (Wildman–Crippen LogP) is 0.535. The summed E-state index contributed by atoms with van der Waals surface area (Å²) in [6.07, 6.45) is 2.62. The van der Waals surface area contributed by atoms with Crippen molar-refractivity contribution in [1.29, 1.82) is 0 Å². The molecule has 0 spiro atoms. The fourth-order valence-corrected chi connectivity index (χ4v) is 2.38. The summed E-state index contributed by atoms with van der Waals surface area (Å²) in [7, 11) is 1.44. The first kappa shape index (κ1) is 13.0. The van der Waals surface area contributed by atoms with Crippen molar-refractivity contribution in [3.8, 4) is 0 Å². The summed E-state index contributed by atoms with van der Waals surface area (Å²) in [4.78, 5) is 18.0. The Morgan fingerprint density at radius 1 is 1.67 bits per heavy atom. The number of nitrogens with zero attached hydrogens (tertiary/aromatic N) is 2. The van der Waals surface area contributed by atoms with Crippen LogP contribution in [0.2, 0.25) is 0 Å². The third-order valence-electron chi connectivity index (χ3n) is 3.38. The summed E-state index contributed by atoms with van der Waals surface area (Å²) in [6, 6.07) is 3.96. The van der Waals surface area contributed by atoms with Gasteiger partial charge in [0, 0.05) is 25.8 Å². The van der Waals surface area contributed by atoms with E-state index in [4.69, 9.17) is 10.5 Å². The van der Waals surface area contributed by atoms with E-state index in [9.17, 15) is 4.79 Å². The van der Waals surface area contributed by atoms with Gasteiger partial charge in [0.25, 0.3) is 0 Å². The average Bonchev–Trinajstić information content (AvgIpc) is 2.87. The molecule has 1 aromatic rings. The van der Waals surface area contributed by atoms with E-state index in [1.165, 1.54) is 7.11 Å². The summed E-state index contributed by atoms with van der Waals surface area (Å²) in [5, 5.41) is 0. The number of methoxy groups -OCH3 is 1. The molecular weight excluding hydrogens is 230 g/mol. The molecule has 1 atom stereocenters. The zero-order valence-electron chi connectivity index (χ0n) is 10.6. The van der Waals surface area contributed by atoms with Crippen molar-refractivity contribution in [1.82, 2.24) is 9.88 Å². The third kappa shape index (κ3) is 2.86. The molecule has 18 heavy (non-hydrogen) atoms. The number of carbonyl (C=O) groups is 1. The summed E-state index contributed by atoms with van der Waals surface area (Å²) >= 11 is 0. The monoisotopic (exact) mass is 249 g/mol. The van der Waals surface area contributed by atoms with Crippen molar-refractivity contribution < 1.29 is 9.53 Å². The van der Waals surface area contributed by atoms with Crippen LogP contribution in [-0.4, -0.2) is 36.1 Å². The fraction of sp³-hybridized carbons (Fsp3) is 0.538. The Hall–Kier alpha value is -1.46. The quantitative estimate of drug-likeness (QED) is 0.789. The molecule has 5 nitrogen and oxygen atoms in total. The summed E-state index contributed by atoms with van der Waals surface area (Å²) in [6.45, 7) is 2.92. The maximum absolute atomic E-state index is 11.5. The van der Waals surface area contributed by atoms with E-state index in [1.54, 1.807) is 6.20 Å². The summed E-state index contributed by atoms with van der Waals surface area (Å²) in [5.41, 5.74) is 7.74. The van der Waals surface area contributed by atoms with Crippen LogP contribution in [0.25, 0.3) is 0 Å². The molecule has 0 amide bonds. The molecule has 98 valence electrons. The number of esters is 1. The largest absolute Gasteiger partial charge is 0.469 e. The van der Waals surface area contributed by atoms with Gasteiger partial charge in [0.05, 0.1) is 18.7 Å². The Kier molecular flexibility index (Phi) is 4.28. The number of rotatable bonds is 4. The van der Waals surface area contributed by atoms with Gasteiger partial charge in [0.2, 0.25) is 0 Å². The van der Waals surface area contributed by atoms with Gasteiger partial charge in [0.15, 0.2) is 0 Å². The van der Waals surface area contributed by atoms with Crippen LogP contribution in [0, 0.1) is 5.92 Å². The molecule has 0 radical (unpaired) electrons. The van der Waals surface area contributed by atoms with Gasteiger partial charge in [-0.15, -0.1) is 0 Å². The van der Waals surface area contributed by atoms with Crippen molar-refractivity contribution in [3.05, 3.63) is 29.6 Å². The Labute approximate surface area is 107 Å². The SMILES string of the molecule is COC(=O)C1CCN(Cc2cccnc2CN)C1. The van der Waals surface area contributed by atoms with Crippen LogP contribution in [0.1, 0.15) is 17.7 Å². The first-order chi connectivity index (χ1) is 8.74. The Morgan fingerprint density at radius 3 is 3.22 bits per heavy atom. The second kappa shape index (κ2) is 5.93. The van der Waals surface area contributed by atoms with E-state index in [1.807, 2.05) is 12.1 Å². The molecule has 1 aromatic heterocycles. The molecule has 1 aliphatic rings. The van der Waals surface area contributed by atoms with Gasteiger partial charge in [-0.3, -0.25) is 14.7 Å². The topological polar surface area (TPSA) is 68.5 Å². The molecule has 0 aliphatic carbocycles. The van der Waals surface area contributed by atoms with Gasteiger partial charge in [-0.05, 0) is 24.6 Å². The highest BCUT2D eigenvalue weighted by Crippen LogP contribution is 2.20. The van der Waals surface area contributed by atoms with Crippen molar-refractivity contribution in [2.75, 3.05) is 20.2 Å². The van der Waals surface area contributed by atoms with Gasteiger partial charge in [0.1, 0.15) is 0 Å². The number of carbonyl (C=O) groups excluding carboxylic acids is 1. The minimum atomic E-state index is -0.109. The molecule has 2 rings (SSSR count). The number of nitrogens with two attached hydrogens (primary N) is 1. The van der Waals surface area contributed by atoms with Crippen LogP contribution >= 0.6 is 0 Å². The Balaban J connectivity index is 1.97. The van der Waals surface area contributed by atoms with Crippen LogP contribution in [-0.2, 0) is 22.6 Å². The van der Waals surface area contributed by atoms with E-state index in [-0.39, 0.29) is 11.9 Å². The van der Waals surface area contributed by atoms with E-state index in [0.29, 0.717) is 6.54 Å². The number of pyridine rings is 1. The molecule has 1 unspecified atom stereocenters. The molecular formula is C13H19N3O2. The van der Waals surface area contributed by atoms with Gasteiger partial charge >= 0.3 is 5.97 Å². The Morgan fingerprint density at radius 2 is 2.50 bits per heavy atom. The zero-order valence-corrected chi connectivity index (χ0v) is 10.6. The maximum Gasteiger partial charge on any atom is 0.310 e. The normalized spacial score (nSPS) is 20.0. The number of hydrogen-bond donors (Lipinski definition) is 1. The van der Waals surface area contributed by atoms with E-state index in [2.05, 4.69) is 9.88 Å². The molecule has 1 fully saturated rings. The molecule has 5 heteroatoms. The molecule has 2 N–H and O–H groups in total. The van der Waals surface area contributed by atoms with E-state index in [0.717, 1.165) is 37.3 Å². The summed E-state index contributed by atoms with van der Waals surface area (Å²) < 4.78 is 4.78. The van der Waals surface area contributed by atoms with Crippen LogP contribution in [0.3, 0.4) is 0 Å². The van der Waals surface area contributed by atoms with E-state index >= 15 is 0 Å². The average molecular weight is 249 g/mol. The zero-order chi connectivity index (χ0) is 13.0. The van der Waals surface area contributed by atoms with Gasteiger partial charge in [-0.1, -0.05) is 6.07 Å². The van der Waals surface area contributed by atoms with Crippen molar-refractivity contribution in [2.45, 2.75) is 19.5 Å². The van der Waals surface area contributed by atoms with Crippen molar-refractivity contribution in [3.63, 3.8) is 0 Å². The molecule has 0 aromatic carbocycles. The Bertz CT molecular complexity index is 422. The van der Waals surface area contributed by atoms with Crippen molar-refractivity contribution >= 4 is 5.97 Å². The minimum Gasteiger partial charge on any atom is -0.469 e. The second-order valence-corrected chi connectivity index (χ2v) is 4.56. The molecule has 0 bridgehead atoms. The second-order valence-electron chi connectivity index (χ2n) is 4.56. The third-order valence-corrected chi connectivity index (χ3v) is 3.38. The van der Waals surface area contributed by atoms with Crippen LogP contribution in [0.15, 0.2) is 18.3 Å². The lowest BCUT2D eigenvalue weighted by Crippen LogP contribution is -2.24. The highest BCUT2D eigenvalue weighted by Gasteiger charge is 2.29. The van der Waals surface area contributed by atoms with Gasteiger partial charge < -0.3 is 10.5 Å². The maximum atomic E-state index is 11.5. The van der Waals surface area contributed by atoms with Crippen molar-refractivity contribution in [2.24, 2.45) is 11.7 Å². The molecule has 1 saturated heterocycles. The van der Waals surface area contributed by atoms with Gasteiger partial charge in [-0.25, -0.2) is 0 Å². The minimum absolute atomic E-state index is 0.00741. The first-order valence-electron chi connectivity index (χ1n) is 6.17. The van der Waals surface area contributed by atoms with Crippen LogP contribution in [0.4, 0.5) is 0 Å². The predicted molar refractivity (Wildman–Crippen MR) is 67.5 cm³/mol. The number of hydrogen-bond acceptors (Lipinski definition) is 5. The number of ether oxygens (including phenoxy) is 1. The van der Waals surface area contributed by atoms with Gasteiger partial charge in [-0.2, -0.15) is 0 Å². The van der Waals surface area contributed by atoms with Crippen LogP contribution in [0.5, 0.6) is 0 Å². The summed E-state index contributed by atoms with van der Waals surface area (Å²) in [5.74, 6) is -0.101. The lowest BCUT2D eigenvalue weighted by Gasteiger charge is -2.17. The van der Waals surface area contributed by atoms with Crippen LogP contribution < -0.4 is 5.73 Å². The lowest BCUT2D eigenvalue weighted by molar-refractivity contribution is -0.144.